The fraction of sp³-hybridized carbons (Fsp3) is 0.364. The Morgan fingerprint density at radius 3 is 2.53 bits per heavy atom. The minimum absolute atomic E-state index is 0.0426. The molecule has 0 saturated carbocycles. The number of nitro groups is 1. The second-order valence-corrected chi connectivity index (χ2v) is 4.81. The number of carbonyl (C=O) groups excluding carboxylic acids is 1. The van der Waals surface area contributed by atoms with Gasteiger partial charge in [-0.3, -0.25) is 14.9 Å². The van der Waals surface area contributed by atoms with Crippen molar-refractivity contribution in [1.29, 1.82) is 0 Å². The van der Waals surface area contributed by atoms with Gasteiger partial charge in [-0.05, 0) is 18.6 Å². The average molecular weight is 301 g/mol. The van der Waals surface area contributed by atoms with Crippen LogP contribution in [0.2, 0.25) is 0 Å². The van der Waals surface area contributed by atoms with Crippen molar-refractivity contribution in [3.05, 3.63) is 37.8 Å². The summed E-state index contributed by atoms with van der Waals surface area (Å²) in [5.41, 5.74) is 1.37. The van der Waals surface area contributed by atoms with Gasteiger partial charge in [-0.2, -0.15) is 0 Å². The third-order valence-corrected chi connectivity index (χ3v) is 3.14. The number of nitrogens with zero attached hydrogens (tertiary/aromatic N) is 2. The van der Waals surface area contributed by atoms with E-state index >= 15 is 0 Å². The Labute approximate surface area is 108 Å². The number of hydrogen-bond donors (Lipinski definition) is 0. The van der Waals surface area contributed by atoms with Crippen molar-refractivity contribution in [3.8, 4) is 0 Å². The highest BCUT2D eigenvalue weighted by molar-refractivity contribution is 9.10. The molecule has 0 aromatic heterocycles. The molecule has 17 heavy (non-hydrogen) atoms. The Hall–Kier alpha value is -1.43. The summed E-state index contributed by atoms with van der Waals surface area (Å²) in [7, 11) is 3.35. The van der Waals surface area contributed by atoms with Crippen LogP contribution in [0, 0.1) is 17.0 Å². The number of hydrogen-bond acceptors (Lipinski definition) is 3. The first-order valence-corrected chi connectivity index (χ1v) is 5.75. The maximum Gasteiger partial charge on any atom is 0.273 e. The molecule has 0 unspecified atom stereocenters. The SMILES string of the molecule is Cc1cc(CC(=O)N(C)C)c(Br)cc1[N+](=O)[O-]. The van der Waals surface area contributed by atoms with Crippen molar-refractivity contribution in [1.82, 2.24) is 4.90 Å². The Morgan fingerprint density at radius 2 is 2.06 bits per heavy atom. The first kappa shape index (κ1) is 13.6. The molecule has 92 valence electrons. The molecule has 0 N–H and O–H groups in total. The molecule has 1 rings (SSSR count). The lowest BCUT2D eigenvalue weighted by Gasteiger charge is -2.11. The fourth-order valence-electron chi connectivity index (χ4n) is 1.38. The van der Waals surface area contributed by atoms with Gasteiger partial charge < -0.3 is 4.90 Å². The molecule has 0 radical (unpaired) electrons. The molecule has 1 aromatic rings. The number of nitro benzene ring substituents is 1. The molecule has 5 nitrogen and oxygen atoms in total. The minimum atomic E-state index is -0.433. The molecule has 0 aliphatic heterocycles. The van der Waals surface area contributed by atoms with Crippen molar-refractivity contribution in [2.24, 2.45) is 0 Å². The second kappa shape index (κ2) is 5.27. The van der Waals surface area contributed by atoms with Gasteiger partial charge in [0.25, 0.3) is 5.69 Å². The zero-order valence-electron chi connectivity index (χ0n) is 9.86. The summed E-state index contributed by atoms with van der Waals surface area (Å²) in [6, 6.07) is 3.11. The van der Waals surface area contributed by atoms with Crippen LogP contribution in [-0.2, 0) is 11.2 Å². The maximum atomic E-state index is 11.6. The van der Waals surface area contributed by atoms with Crippen molar-refractivity contribution < 1.29 is 9.72 Å². The molecular weight excluding hydrogens is 288 g/mol. The predicted octanol–water partition coefficient (Wildman–Crippen LogP) is 2.30. The normalized spacial score (nSPS) is 10.1. The van der Waals surface area contributed by atoms with Crippen LogP contribution in [0.25, 0.3) is 0 Å². The number of rotatable bonds is 3. The Bertz CT molecular complexity index is 472. The van der Waals surface area contributed by atoms with E-state index in [4.69, 9.17) is 0 Å². The molecule has 0 aliphatic carbocycles. The summed E-state index contributed by atoms with van der Waals surface area (Å²) in [4.78, 5) is 23.3. The van der Waals surface area contributed by atoms with E-state index < -0.39 is 4.92 Å². The molecule has 0 atom stereocenters. The van der Waals surface area contributed by atoms with E-state index in [0.717, 1.165) is 5.56 Å². The summed E-state index contributed by atoms with van der Waals surface area (Å²) in [5, 5.41) is 10.7. The number of amides is 1. The number of aryl methyl sites for hydroxylation is 1. The number of carbonyl (C=O) groups is 1. The summed E-state index contributed by atoms with van der Waals surface area (Å²) in [5.74, 6) is -0.0426. The Morgan fingerprint density at radius 1 is 1.47 bits per heavy atom. The van der Waals surface area contributed by atoms with E-state index in [-0.39, 0.29) is 18.0 Å². The van der Waals surface area contributed by atoms with E-state index in [0.29, 0.717) is 10.0 Å². The summed E-state index contributed by atoms with van der Waals surface area (Å²) in [6.07, 6.45) is 0.229. The van der Waals surface area contributed by atoms with E-state index in [2.05, 4.69) is 15.9 Å². The highest BCUT2D eigenvalue weighted by atomic mass is 79.9. The molecule has 0 aliphatic rings. The average Bonchev–Trinajstić information content (AvgIpc) is 2.22. The molecule has 0 bridgehead atoms. The molecule has 0 saturated heterocycles. The third kappa shape index (κ3) is 3.26. The van der Waals surface area contributed by atoms with E-state index in [1.165, 1.54) is 11.0 Å². The largest absolute Gasteiger partial charge is 0.349 e. The van der Waals surface area contributed by atoms with Gasteiger partial charge in [-0.1, -0.05) is 15.9 Å². The van der Waals surface area contributed by atoms with Gasteiger partial charge in [-0.25, -0.2) is 0 Å². The van der Waals surface area contributed by atoms with E-state index in [9.17, 15) is 14.9 Å². The van der Waals surface area contributed by atoms with Crippen molar-refractivity contribution >= 4 is 27.5 Å². The highest BCUT2D eigenvalue weighted by Crippen LogP contribution is 2.27. The van der Waals surface area contributed by atoms with Crippen LogP contribution in [0.4, 0.5) is 5.69 Å². The highest BCUT2D eigenvalue weighted by Gasteiger charge is 2.16. The topological polar surface area (TPSA) is 63.5 Å². The van der Waals surface area contributed by atoms with Crippen molar-refractivity contribution in [2.75, 3.05) is 14.1 Å². The zero-order chi connectivity index (χ0) is 13.2. The van der Waals surface area contributed by atoms with Crippen LogP contribution in [0.5, 0.6) is 0 Å². The van der Waals surface area contributed by atoms with Gasteiger partial charge in [0.15, 0.2) is 0 Å². The molecule has 1 amide bonds. The first-order valence-electron chi connectivity index (χ1n) is 4.96. The lowest BCUT2D eigenvalue weighted by atomic mass is 10.1. The zero-order valence-corrected chi connectivity index (χ0v) is 11.4. The Kier molecular flexibility index (Phi) is 4.22. The number of benzene rings is 1. The molecular formula is C11H13BrN2O3. The summed E-state index contributed by atoms with van der Waals surface area (Å²) >= 11 is 3.25. The molecule has 6 heteroatoms. The van der Waals surface area contributed by atoms with Crippen molar-refractivity contribution in [2.45, 2.75) is 13.3 Å². The first-order chi connectivity index (χ1) is 7.82. The lowest BCUT2D eigenvalue weighted by molar-refractivity contribution is -0.385. The predicted molar refractivity (Wildman–Crippen MR) is 67.9 cm³/mol. The van der Waals surface area contributed by atoms with Crippen LogP contribution < -0.4 is 0 Å². The maximum absolute atomic E-state index is 11.6. The standard InChI is InChI=1S/C11H13BrN2O3/c1-7-4-8(5-11(15)13(2)3)9(12)6-10(7)14(16)17/h4,6H,5H2,1-3H3. The van der Waals surface area contributed by atoms with Gasteiger partial charge in [0.1, 0.15) is 0 Å². The molecule has 1 aromatic carbocycles. The second-order valence-electron chi connectivity index (χ2n) is 3.95. The van der Waals surface area contributed by atoms with Crippen LogP contribution in [0.1, 0.15) is 11.1 Å². The van der Waals surface area contributed by atoms with Gasteiger partial charge in [0.2, 0.25) is 5.91 Å². The third-order valence-electron chi connectivity index (χ3n) is 2.40. The van der Waals surface area contributed by atoms with Crippen molar-refractivity contribution in [3.63, 3.8) is 0 Å². The Balaban J connectivity index is 3.08. The fourth-order valence-corrected chi connectivity index (χ4v) is 1.86. The van der Waals surface area contributed by atoms with Crippen LogP contribution in [0.3, 0.4) is 0 Å². The van der Waals surface area contributed by atoms with Gasteiger partial charge in [0.05, 0.1) is 11.3 Å². The van der Waals surface area contributed by atoms with Crippen LogP contribution >= 0.6 is 15.9 Å². The number of halogens is 1. The van der Waals surface area contributed by atoms with E-state index in [1.54, 1.807) is 27.1 Å². The smallest absolute Gasteiger partial charge is 0.273 e. The summed E-state index contributed by atoms with van der Waals surface area (Å²) in [6.45, 7) is 1.66. The van der Waals surface area contributed by atoms with Gasteiger partial charge >= 0.3 is 0 Å². The number of likely N-dealkylation sites (N-methyl/N-ethyl adjacent to an activating group) is 1. The monoisotopic (exact) mass is 300 g/mol. The van der Waals surface area contributed by atoms with Gasteiger partial charge in [0, 0.05) is 30.2 Å². The molecule has 0 heterocycles. The quantitative estimate of drug-likeness (QED) is 0.635. The lowest BCUT2D eigenvalue weighted by Crippen LogP contribution is -2.23. The van der Waals surface area contributed by atoms with Crippen LogP contribution in [0.15, 0.2) is 16.6 Å². The van der Waals surface area contributed by atoms with E-state index in [1.807, 2.05) is 0 Å². The van der Waals surface area contributed by atoms with Crippen LogP contribution in [-0.4, -0.2) is 29.8 Å². The summed E-state index contributed by atoms with van der Waals surface area (Å²) < 4.78 is 0.588. The molecule has 0 spiro atoms. The minimum Gasteiger partial charge on any atom is -0.349 e. The molecule has 0 fully saturated rings. The van der Waals surface area contributed by atoms with Gasteiger partial charge in [-0.15, -0.1) is 0 Å².